The Balaban J connectivity index is 4.52. The van der Waals surface area contributed by atoms with Gasteiger partial charge in [0.2, 0.25) is 0 Å². The van der Waals surface area contributed by atoms with E-state index in [4.69, 9.17) is 18.4 Å². The zero-order valence-corrected chi connectivity index (χ0v) is 16.7. The summed E-state index contributed by atoms with van der Waals surface area (Å²) < 4.78 is 48.4. The number of amides is 1. The van der Waals surface area contributed by atoms with Crippen molar-refractivity contribution in [3.05, 3.63) is 0 Å². The van der Waals surface area contributed by atoms with E-state index in [0.29, 0.717) is 32.3 Å². The summed E-state index contributed by atoms with van der Waals surface area (Å²) in [6.07, 6.45) is -3.05. The van der Waals surface area contributed by atoms with Gasteiger partial charge < -0.3 is 28.4 Å². The zero-order valence-electron chi connectivity index (χ0n) is 15.7. The molecule has 0 spiro atoms. The van der Waals surface area contributed by atoms with Gasteiger partial charge in [0.1, 0.15) is 0 Å². The molecule has 0 aromatic rings. The fraction of sp³-hybridized carbons (Fsp3) is 0.867. The summed E-state index contributed by atoms with van der Waals surface area (Å²) in [6.45, 7) is 8.16. The molecular weight excluding hydrogens is 372 g/mol. The number of alkyl halides is 2. The normalized spacial score (nSPS) is 13.3. The molecule has 0 radical (unpaired) electrons. The number of rotatable bonds is 14. The van der Waals surface area contributed by atoms with Gasteiger partial charge in [-0.2, -0.15) is 8.78 Å². The fourth-order valence-electron chi connectivity index (χ4n) is 2.22. The van der Waals surface area contributed by atoms with Crippen LogP contribution in [-0.4, -0.2) is 64.4 Å². The molecule has 26 heavy (non-hydrogen) atoms. The van der Waals surface area contributed by atoms with Crippen molar-refractivity contribution in [2.75, 3.05) is 26.4 Å². The Morgan fingerprint density at radius 2 is 1.58 bits per heavy atom. The van der Waals surface area contributed by atoms with Crippen molar-refractivity contribution in [3.8, 4) is 0 Å². The molecule has 1 amide bonds. The molecule has 0 bridgehead atoms. The Hall–Kier alpha value is -1.30. The van der Waals surface area contributed by atoms with Crippen LogP contribution in [0.2, 0.25) is 6.04 Å². The highest BCUT2D eigenvalue weighted by Gasteiger charge is 2.49. The van der Waals surface area contributed by atoms with E-state index in [1.807, 2.05) is 20.8 Å². The van der Waals surface area contributed by atoms with Crippen molar-refractivity contribution in [2.24, 2.45) is 0 Å². The van der Waals surface area contributed by atoms with Gasteiger partial charge in [-0.3, -0.25) is 0 Å². The molecule has 0 heterocycles. The topological polar surface area (TPSA) is 103 Å². The molecule has 0 saturated carbocycles. The molecule has 1 unspecified atom stereocenters. The van der Waals surface area contributed by atoms with Crippen LogP contribution in [-0.2, 0) is 22.8 Å². The van der Waals surface area contributed by atoms with Gasteiger partial charge in [0.05, 0.1) is 0 Å². The van der Waals surface area contributed by atoms with E-state index in [2.05, 4.69) is 10.1 Å². The molecule has 8 nitrogen and oxygen atoms in total. The summed E-state index contributed by atoms with van der Waals surface area (Å²) in [5, 5.41) is 10.8. The minimum Gasteiger partial charge on any atom is -0.477 e. The second kappa shape index (κ2) is 12.2. The third kappa shape index (κ3) is 7.93. The third-order valence-electron chi connectivity index (χ3n) is 3.33. The number of halogens is 2. The number of carboxylic acids is 1. The summed E-state index contributed by atoms with van der Waals surface area (Å²) in [7, 11) is -2.84. The van der Waals surface area contributed by atoms with Crippen LogP contribution in [0.1, 0.15) is 40.5 Å². The molecule has 0 aliphatic rings. The second-order valence-electron chi connectivity index (χ2n) is 5.24. The van der Waals surface area contributed by atoms with E-state index in [9.17, 15) is 18.4 Å². The van der Waals surface area contributed by atoms with Crippen molar-refractivity contribution in [2.45, 2.75) is 58.6 Å². The number of hydrogen-bond acceptors (Lipinski definition) is 6. The zero-order chi connectivity index (χ0) is 20.2. The van der Waals surface area contributed by atoms with Gasteiger partial charge in [-0.05, 0) is 33.6 Å². The van der Waals surface area contributed by atoms with E-state index < -0.39 is 32.9 Å². The van der Waals surface area contributed by atoms with Crippen molar-refractivity contribution in [1.29, 1.82) is 0 Å². The first-order chi connectivity index (χ1) is 12.2. The highest BCUT2D eigenvalue weighted by atomic mass is 28.4. The predicted molar refractivity (Wildman–Crippen MR) is 91.2 cm³/mol. The lowest BCUT2D eigenvalue weighted by Gasteiger charge is -2.28. The molecule has 0 aliphatic carbocycles. The lowest BCUT2D eigenvalue weighted by Crippen LogP contribution is -2.47. The first kappa shape index (κ1) is 24.7. The summed E-state index contributed by atoms with van der Waals surface area (Å²) in [5.74, 6) is -6.48. The summed E-state index contributed by atoms with van der Waals surface area (Å²) in [5.41, 5.74) is 0. The van der Waals surface area contributed by atoms with Crippen molar-refractivity contribution >= 4 is 20.9 Å². The minimum absolute atomic E-state index is 0.121. The van der Waals surface area contributed by atoms with Gasteiger partial charge in [0.15, 0.2) is 6.10 Å². The molecule has 154 valence electrons. The highest BCUT2D eigenvalue weighted by molar-refractivity contribution is 6.60. The van der Waals surface area contributed by atoms with Gasteiger partial charge in [-0.25, -0.2) is 9.59 Å². The molecule has 0 aliphatic heterocycles. The maximum atomic E-state index is 13.4. The SMILES string of the molecule is CCO[Si](CCCNC(=O)OC(CC)C(F)(F)C(=O)O)(OCC)OCC. The first-order valence-corrected chi connectivity index (χ1v) is 10.6. The van der Waals surface area contributed by atoms with Crippen molar-refractivity contribution < 1.29 is 41.5 Å². The van der Waals surface area contributed by atoms with Gasteiger partial charge >= 0.3 is 26.8 Å². The maximum Gasteiger partial charge on any atom is 0.500 e. The maximum absolute atomic E-state index is 13.4. The number of hydrogen-bond donors (Lipinski definition) is 2. The molecule has 1 atom stereocenters. The molecule has 11 heteroatoms. The van der Waals surface area contributed by atoms with Crippen LogP contribution in [0.3, 0.4) is 0 Å². The van der Waals surface area contributed by atoms with Crippen LogP contribution >= 0.6 is 0 Å². The van der Waals surface area contributed by atoms with E-state index in [-0.39, 0.29) is 13.0 Å². The summed E-state index contributed by atoms with van der Waals surface area (Å²) in [6, 6.07) is 0.436. The molecule has 0 rings (SSSR count). The van der Waals surface area contributed by atoms with Gasteiger partial charge in [0.25, 0.3) is 0 Å². The van der Waals surface area contributed by atoms with Gasteiger partial charge in [-0.1, -0.05) is 6.92 Å². The van der Waals surface area contributed by atoms with Crippen LogP contribution in [0.25, 0.3) is 0 Å². The Labute approximate surface area is 153 Å². The third-order valence-corrected chi connectivity index (χ3v) is 6.48. The van der Waals surface area contributed by atoms with E-state index >= 15 is 0 Å². The van der Waals surface area contributed by atoms with Crippen molar-refractivity contribution in [3.63, 3.8) is 0 Å². The molecule has 0 aromatic heterocycles. The standard InChI is InChI=1S/C15H29F2NO7Si/c1-5-12(15(16,17)13(19)20)25-14(21)18-10-9-11-26(22-6-2,23-7-3)24-8-4/h12H,5-11H2,1-4H3,(H,18,21)(H,19,20). The van der Waals surface area contributed by atoms with Crippen LogP contribution in [0, 0.1) is 0 Å². The average molecular weight is 401 g/mol. The largest absolute Gasteiger partial charge is 0.500 e. The number of nitrogens with one attached hydrogen (secondary N) is 1. The van der Waals surface area contributed by atoms with Crippen LogP contribution in [0.5, 0.6) is 0 Å². The Morgan fingerprint density at radius 1 is 1.08 bits per heavy atom. The predicted octanol–water partition coefficient (Wildman–Crippen LogP) is 2.65. The van der Waals surface area contributed by atoms with Crippen LogP contribution in [0.15, 0.2) is 0 Å². The van der Waals surface area contributed by atoms with Crippen LogP contribution in [0.4, 0.5) is 13.6 Å². The minimum atomic E-state index is -4.15. The number of ether oxygens (including phenoxy) is 1. The second-order valence-corrected chi connectivity index (χ2v) is 7.97. The number of carbonyl (C=O) groups excluding carboxylic acids is 1. The van der Waals surface area contributed by atoms with Crippen LogP contribution < -0.4 is 5.32 Å². The first-order valence-electron chi connectivity index (χ1n) is 8.66. The smallest absolute Gasteiger partial charge is 0.477 e. The summed E-state index contributed by atoms with van der Waals surface area (Å²) in [4.78, 5) is 22.2. The molecule has 2 N–H and O–H groups in total. The highest BCUT2D eigenvalue weighted by Crippen LogP contribution is 2.24. The molecule has 0 aromatic carbocycles. The Bertz CT molecular complexity index is 423. The molecular formula is C15H29F2NO7Si. The quantitative estimate of drug-likeness (QED) is 0.341. The van der Waals surface area contributed by atoms with Crippen molar-refractivity contribution in [1.82, 2.24) is 5.32 Å². The number of carbonyl (C=O) groups is 2. The molecule has 0 fully saturated rings. The lowest BCUT2D eigenvalue weighted by atomic mass is 10.1. The Kier molecular flexibility index (Phi) is 11.5. The Morgan fingerprint density at radius 3 is 1.96 bits per heavy atom. The molecule has 0 saturated heterocycles. The van der Waals surface area contributed by atoms with E-state index in [0.717, 1.165) is 0 Å². The number of carboxylic acid groups (broad SMARTS) is 1. The lowest BCUT2D eigenvalue weighted by molar-refractivity contribution is -0.182. The number of alkyl carbamates (subject to hydrolysis) is 1. The number of aliphatic carboxylic acids is 1. The van der Waals surface area contributed by atoms with Gasteiger partial charge in [-0.15, -0.1) is 0 Å². The summed E-state index contributed by atoms with van der Waals surface area (Å²) >= 11 is 0. The van der Waals surface area contributed by atoms with Gasteiger partial charge in [0, 0.05) is 32.4 Å². The average Bonchev–Trinajstić information content (AvgIpc) is 2.57. The fourth-order valence-corrected chi connectivity index (χ4v) is 4.83. The van der Waals surface area contributed by atoms with E-state index in [1.165, 1.54) is 6.92 Å². The monoisotopic (exact) mass is 401 g/mol. The van der Waals surface area contributed by atoms with E-state index in [1.54, 1.807) is 0 Å².